The number of pyridine rings is 2. The second-order valence-corrected chi connectivity index (χ2v) is 9.05. The van der Waals surface area contributed by atoms with Gasteiger partial charge < -0.3 is 4.74 Å². The van der Waals surface area contributed by atoms with Crippen LogP contribution in [-0.2, 0) is 6.42 Å². The average Bonchev–Trinajstić information content (AvgIpc) is 2.61. The van der Waals surface area contributed by atoms with Crippen LogP contribution in [0.3, 0.4) is 0 Å². The molecular weight excluding hydrogens is 368 g/mol. The van der Waals surface area contributed by atoms with Crippen LogP contribution in [-0.4, -0.2) is 45.6 Å². The molecule has 3 heterocycles. The molecule has 0 bridgehead atoms. The topological polar surface area (TPSA) is 41.5 Å². The zero-order valence-corrected chi connectivity index (χ0v) is 18.5. The van der Waals surface area contributed by atoms with Gasteiger partial charge in [0.15, 0.2) is 0 Å². The largest absolute Gasteiger partial charge is 0.475 e. The van der Waals surface area contributed by atoms with Gasteiger partial charge >= 0.3 is 0 Å². The fourth-order valence-corrected chi connectivity index (χ4v) is 4.59. The van der Waals surface area contributed by atoms with E-state index in [2.05, 4.69) is 52.4 Å². The maximum absolute atomic E-state index is 5.72. The molecular formula is C22H32N4OS. The lowest BCUT2D eigenvalue weighted by Crippen LogP contribution is -2.43. The van der Waals surface area contributed by atoms with Gasteiger partial charge in [-0.1, -0.05) is 6.07 Å². The third kappa shape index (κ3) is 6.19. The normalized spacial score (nSPS) is 18.0. The van der Waals surface area contributed by atoms with Gasteiger partial charge in [-0.15, -0.1) is 0 Å². The quantitative estimate of drug-likeness (QED) is 0.628. The number of aryl methyl sites for hydroxylation is 2. The molecule has 1 aliphatic rings. The second kappa shape index (κ2) is 9.72. The smallest absolute Gasteiger partial charge is 0.214 e. The average molecular weight is 401 g/mol. The molecule has 1 atom stereocenters. The van der Waals surface area contributed by atoms with Gasteiger partial charge in [0, 0.05) is 37.6 Å². The van der Waals surface area contributed by atoms with Crippen molar-refractivity contribution >= 4 is 11.9 Å². The van der Waals surface area contributed by atoms with Crippen molar-refractivity contribution in [3.05, 3.63) is 47.3 Å². The molecule has 0 unspecified atom stereocenters. The van der Waals surface area contributed by atoms with Crippen molar-refractivity contribution in [3.8, 4) is 5.88 Å². The Morgan fingerprint density at radius 2 is 1.96 bits per heavy atom. The molecule has 3 rings (SSSR count). The molecule has 0 saturated carbocycles. The fraction of sp³-hybridized carbons (Fsp3) is 0.545. The van der Waals surface area contributed by atoms with E-state index >= 15 is 0 Å². The van der Waals surface area contributed by atoms with Crippen LogP contribution in [0.4, 0.5) is 0 Å². The summed E-state index contributed by atoms with van der Waals surface area (Å²) in [5, 5.41) is 3.40. The highest BCUT2D eigenvalue weighted by Crippen LogP contribution is 2.28. The van der Waals surface area contributed by atoms with Crippen LogP contribution in [0, 0.1) is 19.8 Å². The molecule has 0 amide bonds. The molecule has 28 heavy (non-hydrogen) atoms. The number of hydrazine groups is 1. The molecule has 0 aliphatic carbocycles. The van der Waals surface area contributed by atoms with Crippen LogP contribution < -0.4 is 4.74 Å². The van der Waals surface area contributed by atoms with Crippen LogP contribution in [0.1, 0.15) is 43.6 Å². The Kier molecular flexibility index (Phi) is 7.32. The molecule has 1 aliphatic heterocycles. The number of rotatable bonds is 7. The molecule has 2 aromatic rings. The number of hydrogen-bond acceptors (Lipinski definition) is 6. The van der Waals surface area contributed by atoms with Crippen molar-refractivity contribution in [3.63, 3.8) is 0 Å². The number of aromatic nitrogens is 2. The van der Waals surface area contributed by atoms with Crippen molar-refractivity contribution < 1.29 is 4.74 Å². The third-order valence-electron chi connectivity index (χ3n) is 4.84. The minimum atomic E-state index is 0.133. The molecule has 0 aromatic carbocycles. The molecule has 0 spiro atoms. The van der Waals surface area contributed by atoms with Crippen molar-refractivity contribution in [1.82, 2.24) is 19.4 Å². The van der Waals surface area contributed by atoms with Crippen LogP contribution in [0.25, 0.3) is 0 Å². The first-order chi connectivity index (χ1) is 13.4. The number of piperidine rings is 1. The first-order valence-corrected chi connectivity index (χ1v) is 10.9. The van der Waals surface area contributed by atoms with Gasteiger partial charge in [-0.2, -0.15) is 4.41 Å². The van der Waals surface area contributed by atoms with E-state index in [0.717, 1.165) is 35.9 Å². The summed E-state index contributed by atoms with van der Waals surface area (Å²) in [7, 11) is 2.13. The van der Waals surface area contributed by atoms with Crippen molar-refractivity contribution in [2.75, 3.05) is 20.1 Å². The summed E-state index contributed by atoms with van der Waals surface area (Å²) >= 11 is 1.66. The maximum atomic E-state index is 5.72. The highest BCUT2D eigenvalue weighted by Gasteiger charge is 2.24. The Labute approximate surface area is 173 Å². The van der Waals surface area contributed by atoms with E-state index in [4.69, 9.17) is 4.74 Å². The first-order valence-electron chi connectivity index (χ1n) is 10.1. The number of hydrogen-bond donors (Lipinski definition) is 0. The summed E-state index contributed by atoms with van der Waals surface area (Å²) in [6.45, 7) is 10.4. The van der Waals surface area contributed by atoms with Crippen molar-refractivity contribution in [2.45, 2.75) is 58.1 Å². The van der Waals surface area contributed by atoms with E-state index in [1.165, 1.54) is 18.4 Å². The lowest BCUT2D eigenvalue weighted by Gasteiger charge is -2.37. The predicted octanol–water partition coefficient (Wildman–Crippen LogP) is 4.69. The summed E-state index contributed by atoms with van der Waals surface area (Å²) in [5.74, 6) is 1.36. The zero-order chi connectivity index (χ0) is 20.1. The second-order valence-electron chi connectivity index (χ2n) is 7.92. The van der Waals surface area contributed by atoms with Crippen LogP contribution >= 0.6 is 11.9 Å². The standard InChI is InChI=1S/C22H32N4OS/c1-16(2)27-21-9-6-10-22(24-21)28-25(5)26-11-7-8-19(15-26)14-20-12-17(3)23-18(4)13-20/h6,9-10,12-13,16,19H,7-8,11,14-15H2,1-5H3/t19-/m1/s1. The Morgan fingerprint density at radius 3 is 2.68 bits per heavy atom. The highest BCUT2D eigenvalue weighted by molar-refractivity contribution is 7.96. The lowest BCUT2D eigenvalue weighted by atomic mass is 9.92. The Hall–Kier alpha value is -1.63. The minimum Gasteiger partial charge on any atom is -0.475 e. The SMILES string of the molecule is Cc1cc(C[C@H]2CCCN(N(C)Sc3cccc(OC(C)C)n3)C2)cc(C)n1. The molecule has 0 radical (unpaired) electrons. The monoisotopic (exact) mass is 400 g/mol. The van der Waals surface area contributed by atoms with Gasteiger partial charge in [-0.3, -0.25) is 4.98 Å². The third-order valence-corrected chi connectivity index (χ3v) is 5.75. The Balaban J connectivity index is 1.59. The van der Waals surface area contributed by atoms with Crippen LogP contribution in [0.15, 0.2) is 35.4 Å². The summed E-state index contributed by atoms with van der Waals surface area (Å²) in [6, 6.07) is 10.4. The highest BCUT2D eigenvalue weighted by atomic mass is 32.2. The van der Waals surface area contributed by atoms with Crippen LogP contribution in [0.2, 0.25) is 0 Å². The van der Waals surface area contributed by atoms with E-state index in [0.29, 0.717) is 11.8 Å². The summed E-state index contributed by atoms with van der Waals surface area (Å²) < 4.78 is 7.96. The molecule has 6 heteroatoms. The van der Waals surface area contributed by atoms with E-state index in [-0.39, 0.29) is 6.10 Å². The van der Waals surface area contributed by atoms with E-state index in [1.807, 2.05) is 32.0 Å². The van der Waals surface area contributed by atoms with Gasteiger partial charge in [0.05, 0.1) is 6.10 Å². The number of nitrogens with zero attached hydrogens (tertiary/aromatic N) is 4. The number of ether oxygens (including phenoxy) is 1. The first kappa shape index (κ1) is 21.1. The summed E-state index contributed by atoms with van der Waals surface area (Å²) in [6.07, 6.45) is 3.76. The minimum absolute atomic E-state index is 0.133. The van der Waals surface area contributed by atoms with Gasteiger partial charge in [0.1, 0.15) is 5.03 Å². The maximum Gasteiger partial charge on any atom is 0.214 e. The molecule has 152 valence electrons. The molecule has 5 nitrogen and oxygen atoms in total. The zero-order valence-electron chi connectivity index (χ0n) is 17.7. The van der Waals surface area contributed by atoms with Gasteiger partial charge in [-0.25, -0.2) is 9.99 Å². The lowest BCUT2D eigenvalue weighted by molar-refractivity contribution is 0.0434. The summed E-state index contributed by atoms with van der Waals surface area (Å²) in [5.41, 5.74) is 3.64. The molecule has 0 N–H and O–H groups in total. The summed E-state index contributed by atoms with van der Waals surface area (Å²) in [4.78, 5) is 9.12. The van der Waals surface area contributed by atoms with Crippen molar-refractivity contribution in [2.24, 2.45) is 5.92 Å². The Bertz CT molecular complexity index is 763. The predicted molar refractivity (Wildman–Crippen MR) is 115 cm³/mol. The molecule has 1 fully saturated rings. The van der Waals surface area contributed by atoms with Gasteiger partial charge in [-0.05, 0) is 88.6 Å². The molecule has 2 aromatic heterocycles. The van der Waals surface area contributed by atoms with E-state index in [9.17, 15) is 0 Å². The molecule has 1 saturated heterocycles. The van der Waals surface area contributed by atoms with Gasteiger partial charge in [0.2, 0.25) is 5.88 Å². The van der Waals surface area contributed by atoms with E-state index in [1.54, 1.807) is 11.9 Å². The van der Waals surface area contributed by atoms with Crippen LogP contribution in [0.5, 0.6) is 5.88 Å². The van der Waals surface area contributed by atoms with Crippen molar-refractivity contribution in [1.29, 1.82) is 0 Å². The fourth-order valence-electron chi connectivity index (χ4n) is 3.78. The van der Waals surface area contributed by atoms with E-state index < -0.39 is 0 Å². The van der Waals surface area contributed by atoms with Gasteiger partial charge in [0.25, 0.3) is 0 Å². The Morgan fingerprint density at radius 1 is 1.21 bits per heavy atom.